The van der Waals surface area contributed by atoms with Crippen LogP contribution in [0.5, 0.6) is 0 Å². The number of ether oxygens (including phenoxy) is 1. The van der Waals surface area contributed by atoms with Gasteiger partial charge in [-0.15, -0.1) is 0 Å². The summed E-state index contributed by atoms with van der Waals surface area (Å²) in [5.41, 5.74) is 0.784. The third kappa shape index (κ3) is 4.58. The highest BCUT2D eigenvalue weighted by Gasteiger charge is 2.27. The molecule has 1 fully saturated rings. The number of esters is 1. The van der Waals surface area contributed by atoms with Crippen molar-refractivity contribution in [2.45, 2.75) is 30.8 Å². The van der Waals surface area contributed by atoms with Gasteiger partial charge in [0.05, 0.1) is 10.5 Å². The number of amides is 1. The Bertz CT molecular complexity index is 936. The normalized spacial score (nSPS) is 15.8. The fourth-order valence-electron chi connectivity index (χ4n) is 2.89. The summed E-state index contributed by atoms with van der Waals surface area (Å²) in [7, 11) is -3.50. The first-order chi connectivity index (χ1) is 13.4. The predicted molar refractivity (Wildman–Crippen MR) is 104 cm³/mol. The molecule has 1 N–H and O–H groups in total. The molecule has 1 heterocycles. The molecule has 28 heavy (non-hydrogen) atoms. The predicted octanol–water partition coefficient (Wildman–Crippen LogP) is 2.66. The van der Waals surface area contributed by atoms with Crippen LogP contribution >= 0.6 is 0 Å². The first kappa shape index (κ1) is 20.0. The van der Waals surface area contributed by atoms with Crippen LogP contribution in [-0.2, 0) is 19.6 Å². The van der Waals surface area contributed by atoms with Crippen molar-refractivity contribution in [3.63, 3.8) is 0 Å². The van der Waals surface area contributed by atoms with Gasteiger partial charge in [0.1, 0.15) is 0 Å². The zero-order valence-electron chi connectivity index (χ0n) is 15.5. The minimum Gasteiger partial charge on any atom is -0.449 e. The Balaban J connectivity index is 1.60. The van der Waals surface area contributed by atoms with Gasteiger partial charge in [0, 0.05) is 18.8 Å². The molecule has 0 bridgehead atoms. The monoisotopic (exact) mass is 402 g/mol. The molecule has 2 aromatic rings. The molecule has 0 aliphatic carbocycles. The topological polar surface area (TPSA) is 92.8 Å². The van der Waals surface area contributed by atoms with Gasteiger partial charge in [-0.25, -0.2) is 13.2 Å². The van der Waals surface area contributed by atoms with E-state index in [0.717, 1.165) is 12.8 Å². The highest BCUT2D eigenvalue weighted by atomic mass is 32.2. The molecule has 8 heteroatoms. The summed E-state index contributed by atoms with van der Waals surface area (Å²) in [5, 5.41) is 2.62. The van der Waals surface area contributed by atoms with E-state index in [1.165, 1.54) is 35.5 Å². The van der Waals surface area contributed by atoms with Gasteiger partial charge in [-0.1, -0.05) is 18.2 Å². The molecule has 1 aliphatic rings. The first-order valence-corrected chi connectivity index (χ1v) is 10.5. The molecular weight excluding hydrogens is 380 g/mol. The summed E-state index contributed by atoms with van der Waals surface area (Å²) in [6, 6.07) is 14.4. The van der Waals surface area contributed by atoms with Crippen molar-refractivity contribution in [1.29, 1.82) is 0 Å². The number of hydrogen-bond acceptors (Lipinski definition) is 5. The SMILES string of the molecule is CC(OC(=O)c1ccccc1)C(=O)Nc1ccc(S(=O)(=O)N2CCCC2)cc1. The van der Waals surface area contributed by atoms with Crippen molar-refractivity contribution >= 4 is 27.6 Å². The van der Waals surface area contributed by atoms with Crippen molar-refractivity contribution in [3.05, 3.63) is 60.2 Å². The molecule has 2 aromatic carbocycles. The smallest absolute Gasteiger partial charge is 0.338 e. The van der Waals surface area contributed by atoms with E-state index in [9.17, 15) is 18.0 Å². The Labute approximate surface area is 164 Å². The third-order valence-corrected chi connectivity index (χ3v) is 6.40. The second kappa shape index (κ2) is 8.53. The lowest BCUT2D eigenvalue weighted by Crippen LogP contribution is -2.30. The molecule has 148 valence electrons. The molecule has 0 spiro atoms. The molecule has 1 aliphatic heterocycles. The molecule has 1 saturated heterocycles. The Morgan fingerprint density at radius 3 is 2.21 bits per heavy atom. The second-order valence-corrected chi connectivity index (χ2v) is 8.48. The van der Waals surface area contributed by atoms with Crippen molar-refractivity contribution in [2.75, 3.05) is 18.4 Å². The van der Waals surface area contributed by atoms with E-state index in [1.807, 2.05) is 0 Å². The molecular formula is C20H22N2O5S. The number of hydrogen-bond donors (Lipinski definition) is 1. The summed E-state index contributed by atoms with van der Waals surface area (Å²) in [6.07, 6.45) is 0.737. The third-order valence-electron chi connectivity index (χ3n) is 4.49. The number of nitrogens with zero attached hydrogens (tertiary/aromatic N) is 1. The summed E-state index contributed by atoms with van der Waals surface area (Å²) in [6.45, 7) is 2.54. The molecule has 0 radical (unpaired) electrons. The molecule has 1 atom stereocenters. The Kier molecular flexibility index (Phi) is 6.11. The number of anilines is 1. The molecule has 0 saturated carbocycles. The minimum absolute atomic E-state index is 0.191. The van der Waals surface area contributed by atoms with Crippen LogP contribution in [0.4, 0.5) is 5.69 Å². The highest BCUT2D eigenvalue weighted by molar-refractivity contribution is 7.89. The summed E-state index contributed by atoms with van der Waals surface area (Å²) >= 11 is 0. The van der Waals surface area contributed by atoms with Gasteiger partial charge in [0.15, 0.2) is 6.10 Å². The zero-order valence-corrected chi connectivity index (χ0v) is 16.3. The van der Waals surface area contributed by atoms with Crippen LogP contribution in [0.1, 0.15) is 30.1 Å². The largest absolute Gasteiger partial charge is 0.449 e. The molecule has 1 amide bonds. The van der Waals surface area contributed by atoms with Gasteiger partial charge in [-0.3, -0.25) is 4.79 Å². The lowest BCUT2D eigenvalue weighted by Gasteiger charge is -2.16. The molecule has 0 aromatic heterocycles. The number of carbonyl (C=O) groups is 2. The van der Waals surface area contributed by atoms with Crippen LogP contribution in [-0.4, -0.2) is 43.8 Å². The number of carbonyl (C=O) groups excluding carboxylic acids is 2. The maximum Gasteiger partial charge on any atom is 0.338 e. The molecule has 1 unspecified atom stereocenters. The van der Waals surface area contributed by atoms with E-state index < -0.39 is 28.0 Å². The van der Waals surface area contributed by atoms with Gasteiger partial charge in [-0.2, -0.15) is 4.31 Å². The number of rotatable bonds is 6. The summed E-state index contributed by atoms with van der Waals surface area (Å²) in [4.78, 5) is 24.5. The van der Waals surface area contributed by atoms with Crippen LogP contribution in [0.2, 0.25) is 0 Å². The zero-order chi connectivity index (χ0) is 20.1. The Morgan fingerprint density at radius 1 is 1.00 bits per heavy atom. The lowest BCUT2D eigenvalue weighted by atomic mass is 10.2. The first-order valence-electron chi connectivity index (χ1n) is 9.05. The second-order valence-electron chi connectivity index (χ2n) is 6.54. The van der Waals surface area contributed by atoms with E-state index in [0.29, 0.717) is 24.3 Å². The van der Waals surface area contributed by atoms with Crippen LogP contribution in [0.3, 0.4) is 0 Å². The summed E-state index contributed by atoms with van der Waals surface area (Å²) in [5.74, 6) is -1.09. The van der Waals surface area contributed by atoms with E-state index in [2.05, 4.69) is 5.32 Å². The lowest BCUT2D eigenvalue weighted by molar-refractivity contribution is -0.123. The number of nitrogens with one attached hydrogen (secondary N) is 1. The van der Waals surface area contributed by atoms with E-state index in [1.54, 1.807) is 30.3 Å². The van der Waals surface area contributed by atoms with Crippen LogP contribution in [0.25, 0.3) is 0 Å². The van der Waals surface area contributed by atoms with Crippen molar-refractivity contribution in [3.8, 4) is 0 Å². The van der Waals surface area contributed by atoms with Gasteiger partial charge in [0.2, 0.25) is 10.0 Å². The Hall–Kier alpha value is -2.71. The van der Waals surface area contributed by atoms with Crippen LogP contribution in [0.15, 0.2) is 59.5 Å². The van der Waals surface area contributed by atoms with Crippen molar-refractivity contribution < 1.29 is 22.7 Å². The van der Waals surface area contributed by atoms with E-state index in [4.69, 9.17) is 4.74 Å². The van der Waals surface area contributed by atoms with Crippen molar-refractivity contribution in [2.24, 2.45) is 0 Å². The maximum atomic E-state index is 12.5. The van der Waals surface area contributed by atoms with Crippen molar-refractivity contribution in [1.82, 2.24) is 4.31 Å². The molecule has 7 nitrogen and oxygen atoms in total. The van der Waals surface area contributed by atoms with Gasteiger partial charge < -0.3 is 10.1 Å². The Morgan fingerprint density at radius 2 is 1.61 bits per heavy atom. The fraction of sp³-hybridized carbons (Fsp3) is 0.300. The average molecular weight is 402 g/mol. The quantitative estimate of drug-likeness (QED) is 0.750. The highest BCUT2D eigenvalue weighted by Crippen LogP contribution is 2.22. The average Bonchev–Trinajstić information content (AvgIpc) is 3.25. The van der Waals surface area contributed by atoms with Gasteiger partial charge >= 0.3 is 5.97 Å². The maximum absolute atomic E-state index is 12.5. The van der Waals surface area contributed by atoms with E-state index >= 15 is 0 Å². The standard InChI is InChI=1S/C20H22N2O5S/c1-15(27-20(24)16-7-3-2-4-8-16)19(23)21-17-9-11-18(12-10-17)28(25,26)22-13-5-6-14-22/h2-4,7-12,15H,5-6,13-14H2,1H3,(H,21,23). The number of benzene rings is 2. The van der Waals surface area contributed by atoms with E-state index in [-0.39, 0.29) is 4.90 Å². The fourth-order valence-corrected chi connectivity index (χ4v) is 4.41. The number of sulfonamides is 1. The van der Waals surface area contributed by atoms with Crippen LogP contribution in [0, 0.1) is 0 Å². The van der Waals surface area contributed by atoms with Gasteiger partial charge in [0.25, 0.3) is 5.91 Å². The summed E-state index contributed by atoms with van der Waals surface area (Å²) < 4.78 is 31.7. The minimum atomic E-state index is -3.50. The van der Waals surface area contributed by atoms with Crippen LogP contribution < -0.4 is 5.32 Å². The molecule has 3 rings (SSSR count). The van der Waals surface area contributed by atoms with Gasteiger partial charge in [-0.05, 0) is 56.2 Å².